The second-order valence-electron chi connectivity index (χ2n) is 8.84. The number of fused-ring (bicyclic) bond motifs is 2. The smallest absolute Gasteiger partial charge is 0.289 e. The van der Waals surface area contributed by atoms with E-state index in [4.69, 9.17) is 18.9 Å². The molecule has 11 nitrogen and oxygen atoms in total. The number of hydrazine groups is 1. The van der Waals surface area contributed by atoms with Gasteiger partial charge in [-0.1, -0.05) is 23.0 Å². The van der Waals surface area contributed by atoms with Crippen LogP contribution in [0.4, 0.5) is 0 Å². The van der Waals surface area contributed by atoms with Crippen molar-refractivity contribution in [1.29, 1.82) is 0 Å². The van der Waals surface area contributed by atoms with Crippen molar-refractivity contribution in [2.24, 2.45) is 0 Å². The molecule has 38 heavy (non-hydrogen) atoms. The van der Waals surface area contributed by atoms with Crippen LogP contribution in [0.25, 0.3) is 10.9 Å². The average Bonchev–Trinajstić information content (AvgIpc) is 3.49. The minimum absolute atomic E-state index is 0.0381. The fourth-order valence-corrected chi connectivity index (χ4v) is 5.29. The van der Waals surface area contributed by atoms with E-state index in [1.807, 2.05) is 35.2 Å². The zero-order valence-electron chi connectivity index (χ0n) is 20.5. The maximum Gasteiger partial charge on any atom is 0.289 e. The van der Waals surface area contributed by atoms with Crippen molar-refractivity contribution < 1.29 is 37.4 Å². The first-order chi connectivity index (χ1) is 18.3. The molecule has 5 rings (SSSR count). The van der Waals surface area contributed by atoms with Crippen molar-refractivity contribution in [3.63, 3.8) is 0 Å². The van der Waals surface area contributed by atoms with Crippen molar-refractivity contribution in [2.45, 2.75) is 42.8 Å². The molecular formula is C26H27N3O8S. The van der Waals surface area contributed by atoms with E-state index in [1.54, 1.807) is 13.3 Å². The highest BCUT2D eigenvalue weighted by molar-refractivity contribution is 7.89. The zero-order chi connectivity index (χ0) is 26.7. The van der Waals surface area contributed by atoms with Crippen LogP contribution in [-0.4, -0.2) is 61.9 Å². The zero-order valence-corrected chi connectivity index (χ0v) is 21.3. The molecule has 12 heteroatoms. The predicted molar refractivity (Wildman–Crippen MR) is 134 cm³/mol. The van der Waals surface area contributed by atoms with E-state index >= 15 is 0 Å². The molecule has 3 aromatic rings. The van der Waals surface area contributed by atoms with Gasteiger partial charge in [-0.15, -0.1) is 5.17 Å². The van der Waals surface area contributed by atoms with Crippen molar-refractivity contribution in [1.82, 2.24) is 15.0 Å². The Morgan fingerprint density at radius 2 is 1.97 bits per heavy atom. The first-order valence-electron chi connectivity index (χ1n) is 12.0. The van der Waals surface area contributed by atoms with Gasteiger partial charge in [0.05, 0.1) is 23.1 Å². The third-order valence-corrected chi connectivity index (χ3v) is 7.59. The lowest BCUT2D eigenvalue weighted by Gasteiger charge is -2.17. The van der Waals surface area contributed by atoms with Gasteiger partial charge in [0.15, 0.2) is 6.29 Å². The average molecular weight is 542 g/mol. The van der Waals surface area contributed by atoms with Gasteiger partial charge in [0, 0.05) is 37.1 Å². The van der Waals surface area contributed by atoms with Gasteiger partial charge in [-0.2, -0.15) is 0 Å². The number of hydrogen-bond donors (Lipinski definition) is 2. The van der Waals surface area contributed by atoms with Crippen LogP contribution in [0, 0.1) is 0 Å². The normalized spacial score (nSPS) is 20.8. The Balaban J connectivity index is 1.17. The summed E-state index contributed by atoms with van der Waals surface area (Å²) in [4.78, 5) is 18.7. The molecule has 0 radical (unpaired) electrons. The Kier molecular flexibility index (Phi) is 7.70. The molecule has 2 N–H and O–H groups in total. The summed E-state index contributed by atoms with van der Waals surface area (Å²) in [6.45, 7) is 0.741. The van der Waals surface area contributed by atoms with Crippen molar-refractivity contribution in [3.05, 3.63) is 78.0 Å². The first kappa shape index (κ1) is 26.2. The lowest BCUT2D eigenvalue weighted by Crippen LogP contribution is -2.44. The highest BCUT2D eigenvalue weighted by Gasteiger charge is 2.41. The van der Waals surface area contributed by atoms with Crippen molar-refractivity contribution in [2.75, 3.05) is 13.7 Å². The second-order valence-corrected chi connectivity index (χ2v) is 10.5. The van der Waals surface area contributed by atoms with Gasteiger partial charge in [-0.25, -0.2) is 8.42 Å². The minimum atomic E-state index is -4.25. The summed E-state index contributed by atoms with van der Waals surface area (Å²) in [5, 5.41) is 11.1. The standard InChI is InChI=1S/C26H27N3O8S/c1-34-13-11-25-36-23-14-18(15-24(23)37-25)26(30)29(31)28-38(32,33)20-9-7-19(8-10-20)35-16-17-4-2-6-22-21(17)5-3-12-27-22/h2-10,12,14,23-25,28,31H,11,13,15-16H2,1H3. The molecule has 0 saturated carbocycles. The second kappa shape index (κ2) is 11.2. The number of methoxy groups -OCH3 is 1. The SMILES string of the molecule is COCCC1OC2C=C(C(=O)N(O)NS(=O)(=O)c3ccc(OCc4cccc5ncccc45)cc3)CC2O1. The topological polar surface area (TPSA) is 137 Å². The number of benzene rings is 2. The summed E-state index contributed by atoms with van der Waals surface area (Å²) < 4.78 is 47.8. The molecule has 2 heterocycles. The Morgan fingerprint density at radius 1 is 1.16 bits per heavy atom. The number of sulfonamides is 1. The predicted octanol–water partition coefficient (Wildman–Crippen LogP) is 2.70. The van der Waals surface area contributed by atoms with Gasteiger partial charge in [-0.3, -0.25) is 15.0 Å². The number of carbonyl (C=O) groups is 1. The van der Waals surface area contributed by atoms with Crippen molar-refractivity contribution >= 4 is 26.8 Å². The molecule has 0 bridgehead atoms. The summed E-state index contributed by atoms with van der Waals surface area (Å²) in [5.74, 6) is -0.457. The first-order valence-corrected chi connectivity index (χ1v) is 13.4. The molecule has 1 aromatic heterocycles. The summed E-state index contributed by atoms with van der Waals surface area (Å²) in [5.41, 5.74) is 1.98. The van der Waals surface area contributed by atoms with Crippen LogP contribution in [0.3, 0.4) is 0 Å². The maximum atomic E-state index is 12.7. The number of hydroxylamine groups is 1. The number of pyridine rings is 1. The highest BCUT2D eigenvalue weighted by Crippen LogP contribution is 2.33. The molecule has 3 atom stereocenters. The maximum absolute atomic E-state index is 12.7. The van der Waals surface area contributed by atoms with Crippen LogP contribution in [0.1, 0.15) is 18.4 Å². The monoisotopic (exact) mass is 541 g/mol. The van der Waals surface area contributed by atoms with Crippen LogP contribution in [0.15, 0.2) is 77.3 Å². The lowest BCUT2D eigenvalue weighted by molar-refractivity contribution is -0.167. The molecule has 1 amide bonds. The molecule has 1 fully saturated rings. The molecular weight excluding hydrogens is 514 g/mol. The number of hydrogen-bond acceptors (Lipinski definition) is 9. The third-order valence-electron chi connectivity index (χ3n) is 6.28. The molecule has 2 aliphatic rings. The summed E-state index contributed by atoms with van der Waals surface area (Å²) in [6, 6.07) is 15.2. The Hall–Kier alpha value is -3.39. The molecule has 1 saturated heterocycles. The number of aromatic nitrogens is 1. The Bertz CT molecular complexity index is 1440. The summed E-state index contributed by atoms with van der Waals surface area (Å²) >= 11 is 0. The van der Waals surface area contributed by atoms with E-state index in [9.17, 15) is 18.4 Å². The van der Waals surface area contributed by atoms with Gasteiger partial charge >= 0.3 is 0 Å². The minimum Gasteiger partial charge on any atom is -0.489 e. The molecule has 1 aliphatic carbocycles. The highest BCUT2D eigenvalue weighted by atomic mass is 32.2. The summed E-state index contributed by atoms with van der Waals surface area (Å²) in [6.07, 6.45) is 2.74. The van der Waals surface area contributed by atoms with Gasteiger partial charge < -0.3 is 18.9 Å². The molecule has 1 aliphatic heterocycles. The van der Waals surface area contributed by atoms with Gasteiger partial charge in [0.2, 0.25) is 0 Å². The molecule has 2 aromatic carbocycles. The van der Waals surface area contributed by atoms with E-state index < -0.39 is 28.3 Å². The number of nitrogens with one attached hydrogen (secondary N) is 1. The van der Waals surface area contributed by atoms with Crippen LogP contribution in [0.5, 0.6) is 5.75 Å². The van der Waals surface area contributed by atoms with E-state index in [0.717, 1.165) is 16.5 Å². The number of ether oxygens (including phenoxy) is 4. The fourth-order valence-electron chi connectivity index (χ4n) is 4.38. The molecule has 0 spiro atoms. The number of amides is 1. The van der Waals surface area contributed by atoms with E-state index in [2.05, 4.69) is 4.98 Å². The molecule has 200 valence electrons. The van der Waals surface area contributed by atoms with E-state index in [-0.39, 0.29) is 34.8 Å². The number of rotatable bonds is 10. The van der Waals surface area contributed by atoms with E-state index in [1.165, 1.54) is 30.3 Å². The van der Waals surface area contributed by atoms with Crippen LogP contribution >= 0.6 is 0 Å². The Morgan fingerprint density at radius 3 is 2.74 bits per heavy atom. The lowest BCUT2D eigenvalue weighted by atomic mass is 10.1. The molecule has 3 unspecified atom stereocenters. The van der Waals surface area contributed by atoms with Crippen molar-refractivity contribution in [3.8, 4) is 5.75 Å². The largest absolute Gasteiger partial charge is 0.489 e. The Labute approximate surface area is 219 Å². The third kappa shape index (κ3) is 5.70. The van der Waals surface area contributed by atoms with Crippen LogP contribution in [-0.2, 0) is 35.6 Å². The van der Waals surface area contributed by atoms with Crippen LogP contribution < -0.4 is 9.57 Å². The van der Waals surface area contributed by atoms with Crippen LogP contribution in [0.2, 0.25) is 0 Å². The number of carbonyl (C=O) groups excluding carboxylic acids is 1. The van der Waals surface area contributed by atoms with Gasteiger partial charge in [-0.05, 0) is 48.0 Å². The van der Waals surface area contributed by atoms with Gasteiger partial charge in [0.1, 0.15) is 18.5 Å². The van der Waals surface area contributed by atoms with E-state index in [0.29, 0.717) is 18.8 Å². The number of nitrogens with zero attached hydrogens (tertiary/aromatic N) is 2. The van der Waals surface area contributed by atoms with Gasteiger partial charge in [0.25, 0.3) is 15.9 Å². The quantitative estimate of drug-likeness (QED) is 0.293. The fraction of sp³-hybridized carbons (Fsp3) is 0.308. The summed E-state index contributed by atoms with van der Waals surface area (Å²) in [7, 11) is -2.67.